The summed E-state index contributed by atoms with van der Waals surface area (Å²) in [7, 11) is -3.83. The molecule has 0 aliphatic carbocycles. The monoisotopic (exact) mass is 485 g/mol. The fraction of sp³-hybridized carbons (Fsp3) is 0.480. The Morgan fingerprint density at radius 1 is 0.971 bits per heavy atom. The number of rotatable bonds is 6. The van der Waals surface area contributed by atoms with Gasteiger partial charge in [-0.2, -0.15) is 0 Å². The minimum atomic E-state index is -3.83. The zero-order valence-electron chi connectivity index (χ0n) is 20.3. The van der Waals surface area contributed by atoms with Crippen molar-refractivity contribution in [2.75, 3.05) is 68.5 Å². The molecule has 2 aliphatic rings. The molecule has 2 heterocycles. The lowest BCUT2D eigenvalue weighted by Gasteiger charge is -2.34. The third kappa shape index (κ3) is 5.37. The maximum Gasteiger partial charge on any atom is 0.262 e. The molecule has 0 bridgehead atoms. The first-order chi connectivity index (χ1) is 16.3. The van der Waals surface area contributed by atoms with Gasteiger partial charge in [-0.3, -0.25) is 9.52 Å². The van der Waals surface area contributed by atoms with Crippen LogP contribution in [-0.4, -0.2) is 83.0 Å². The molecule has 9 heteroatoms. The van der Waals surface area contributed by atoms with E-state index in [1.165, 1.54) is 0 Å². The quantitative estimate of drug-likeness (QED) is 0.653. The van der Waals surface area contributed by atoms with Gasteiger partial charge in [-0.15, -0.1) is 0 Å². The van der Waals surface area contributed by atoms with Crippen molar-refractivity contribution in [1.82, 2.24) is 15.1 Å². The highest BCUT2D eigenvalue weighted by Crippen LogP contribution is 2.31. The molecule has 0 saturated carbocycles. The third-order valence-corrected chi connectivity index (χ3v) is 8.19. The highest BCUT2D eigenvalue weighted by molar-refractivity contribution is 7.92. The van der Waals surface area contributed by atoms with Crippen LogP contribution in [0.1, 0.15) is 28.4 Å². The lowest BCUT2D eigenvalue weighted by Crippen LogP contribution is -2.48. The van der Waals surface area contributed by atoms with Crippen molar-refractivity contribution in [2.45, 2.75) is 25.7 Å². The van der Waals surface area contributed by atoms with E-state index in [4.69, 9.17) is 0 Å². The maximum absolute atomic E-state index is 13.4. The summed E-state index contributed by atoms with van der Waals surface area (Å²) in [5.74, 6) is -0.0604. The number of anilines is 2. The Bertz CT molecular complexity index is 1140. The van der Waals surface area contributed by atoms with Gasteiger partial charge in [0.05, 0.1) is 16.3 Å². The molecule has 2 aliphatic heterocycles. The van der Waals surface area contributed by atoms with Crippen LogP contribution < -0.4 is 14.9 Å². The number of hydrogen-bond donors (Lipinski definition) is 2. The van der Waals surface area contributed by atoms with E-state index in [0.29, 0.717) is 29.9 Å². The molecule has 34 heavy (non-hydrogen) atoms. The van der Waals surface area contributed by atoms with E-state index in [9.17, 15) is 13.2 Å². The second-order valence-corrected chi connectivity index (χ2v) is 10.7. The molecule has 184 valence electrons. The number of carbonyl (C=O) groups is 1. The molecule has 2 N–H and O–H groups in total. The first-order valence-corrected chi connectivity index (χ1v) is 13.5. The van der Waals surface area contributed by atoms with Crippen molar-refractivity contribution in [1.29, 1.82) is 0 Å². The first kappa shape index (κ1) is 24.5. The number of nitrogens with zero attached hydrogens (tertiary/aromatic N) is 3. The minimum absolute atomic E-state index is 0.0604. The van der Waals surface area contributed by atoms with Crippen LogP contribution in [0.25, 0.3) is 0 Å². The Balaban J connectivity index is 1.67. The summed E-state index contributed by atoms with van der Waals surface area (Å²) in [5, 5.41) is 3.33. The topological polar surface area (TPSA) is 85.0 Å². The Hall–Kier alpha value is -2.62. The SMILES string of the molecule is CCN1CCN(C(=O)c2ccc(N3CCNCC3)c(NS(=O)(=O)c3cc(C)ccc3C)c2)CC1. The van der Waals surface area contributed by atoms with Gasteiger partial charge in [-0.25, -0.2) is 8.42 Å². The van der Waals surface area contributed by atoms with Gasteiger partial charge in [0, 0.05) is 57.9 Å². The van der Waals surface area contributed by atoms with E-state index < -0.39 is 10.0 Å². The van der Waals surface area contributed by atoms with Crippen LogP contribution in [0.2, 0.25) is 0 Å². The zero-order valence-corrected chi connectivity index (χ0v) is 21.1. The lowest BCUT2D eigenvalue weighted by molar-refractivity contribution is 0.0643. The Kier molecular flexibility index (Phi) is 7.45. The average molecular weight is 486 g/mol. The first-order valence-electron chi connectivity index (χ1n) is 12.0. The fourth-order valence-corrected chi connectivity index (χ4v) is 5.97. The van der Waals surface area contributed by atoms with Gasteiger partial charge in [-0.05, 0) is 55.8 Å². The number of piperazine rings is 2. The molecule has 1 amide bonds. The predicted octanol–water partition coefficient (Wildman–Crippen LogP) is 2.29. The van der Waals surface area contributed by atoms with Crippen LogP contribution in [0.15, 0.2) is 41.3 Å². The van der Waals surface area contributed by atoms with Crippen molar-refractivity contribution in [3.05, 3.63) is 53.1 Å². The minimum Gasteiger partial charge on any atom is -0.367 e. The van der Waals surface area contributed by atoms with Crippen molar-refractivity contribution in [2.24, 2.45) is 0 Å². The highest BCUT2D eigenvalue weighted by atomic mass is 32.2. The molecular weight excluding hydrogens is 450 g/mol. The summed E-state index contributed by atoms with van der Waals surface area (Å²) in [6.45, 7) is 13.0. The van der Waals surface area contributed by atoms with Gasteiger partial charge in [-0.1, -0.05) is 19.1 Å². The van der Waals surface area contributed by atoms with Crippen molar-refractivity contribution in [3.8, 4) is 0 Å². The normalized spacial score (nSPS) is 17.6. The smallest absolute Gasteiger partial charge is 0.262 e. The Morgan fingerprint density at radius 3 is 2.35 bits per heavy atom. The number of benzene rings is 2. The van der Waals surface area contributed by atoms with Gasteiger partial charge in [0.15, 0.2) is 0 Å². The van der Waals surface area contributed by atoms with Gasteiger partial charge < -0.3 is 20.0 Å². The summed E-state index contributed by atoms with van der Waals surface area (Å²) >= 11 is 0. The molecule has 2 saturated heterocycles. The van der Waals surface area contributed by atoms with E-state index >= 15 is 0 Å². The summed E-state index contributed by atoms with van der Waals surface area (Å²) in [6, 6.07) is 10.8. The number of amides is 1. The van der Waals surface area contributed by atoms with Crippen molar-refractivity contribution >= 4 is 27.3 Å². The van der Waals surface area contributed by atoms with Crippen LogP contribution in [-0.2, 0) is 10.0 Å². The van der Waals surface area contributed by atoms with E-state index in [1.807, 2.05) is 36.1 Å². The van der Waals surface area contributed by atoms with Gasteiger partial charge in [0.2, 0.25) is 0 Å². The van der Waals surface area contributed by atoms with Crippen LogP contribution >= 0.6 is 0 Å². The fourth-order valence-electron chi connectivity index (χ4n) is 4.58. The summed E-state index contributed by atoms with van der Waals surface area (Å²) < 4.78 is 29.7. The van der Waals surface area contributed by atoms with E-state index in [0.717, 1.165) is 57.1 Å². The number of aryl methyl sites for hydroxylation is 2. The Labute approximate surface area is 203 Å². The maximum atomic E-state index is 13.4. The molecule has 0 atom stereocenters. The highest BCUT2D eigenvalue weighted by Gasteiger charge is 2.25. The predicted molar refractivity (Wildman–Crippen MR) is 136 cm³/mol. The molecular formula is C25H35N5O3S. The van der Waals surface area contributed by atoms with Crippen LogP contribution in [0, 0.1) is 13.8 Å². The number of hydrogen-bond acceptors (Lipinski definition) is 6. The second kappa shape index (κ2) is 10.3. The zero-order chi connectivity index (χ0) is 24.3. The van der Waals surface area contributed by atoms with Crippen LogP contribution in [0.5, 0.6) is 0 Å². The summed E-state index contributed by atoms with van der Waals surface area (Å²) in [5.41, 5.74) is 3.30. The van der Waals surface area contributed by atoms with Gasteiger partial charge in [0.25, 0.3) is 15.9 Å². The number of likely N-dealkylation sites (N-methyl/N-ethyl adjacent to an activating group) is 1. The molecule has 2 aromatic rings. The van der Waals surface area contributed by atoms with Crippen LogP contribution in [0.3, 0.4) is 0 Å². The molecule has 2 fully saturated rings. The molecule has 0 unspecified atom stereocenters. The Morgan fingerprint density at radius 2 is 1.68 bits per heavy atom. The molecule has 2 aromatic carbocycles. The van der Waals surface area contributed by atoms with E-state index in [-0.39, 0.29) is 10.8 Å². The number of carbonyl (C=O) groups excluding carboxylic acids is 1. The average Bonchev–Trinajstić information content (AvgIpc) is 2.85. The lowest BCUT2D eigenvalue weighted by atomic mass is 10.1. The van der Waals surface area contributed by atoms with Gasteiger partial charge >= 0.3 is 0 Å². The largest absolute Gasteiger partial charge is 0.367 e. The standard InChI is InChI=1S/C25H35N5O3S/c1-4-28-13-15-30(16-14-28)25(31)21-7-8-23(29-11-9-26-10-12-29)22(18-21)27-34(32,33)24-17-19(2)5-6-20(24)3/h5-8,17-18,26-27H,4,9-16H2,1-3H3. The molecule has 4 rings (SSSR count). The number of nitrogens with one attached hydrogen (secondary N) is 2. The van der Waals surface area contributed by atoms with Crippen molar-refractivity contribution in [3.63, 3.8) is 0 Å². The number of sulfonamides is 1. The van der Waals surface area contributed by atoms with Crippen molar-refractivity contribution < 1.29 is 13.2 Å². The molecule has 0 radical (unpaired) electrons. The van der Waals surface area contributed by atoms with Crippen LogP contribution in [0.4, 0.5) is 11.4 Å². The molecule has 0 spiro atoms. The summed E-state index contributed by atoms with van der Waals surface area (Å²) in [6.07, 6.45) is 0. The van der Waals surface area contributed by atoms with Gasteiger partial charge in [0.1, 0.15) is 0 Å². The van der Waals surface area contributed by atoms with E-state index in [1.54, 1.807) is 19.1 Å². The van der Waals surface area contributed by atoms with E-state index in [2.05, 4.69) is 26.8 Å². The third-order valence-electron chi connectivity index (χ3n) is 6.69. The molecule has 0 aromatic heterocycles. The second-order valence-electron chi connectivity index (χ2n) is 9.07. The summed E-state index contributed by atoms with van der Waals surface area (Å²) in [4.78, 5) is 19.9. The molecule has 8 nitrogen and oxygen atoms in total.